The Bertz CT molecular complexity index is 2360. The number of hydrogen-bond acceptors (Lipinski definition) is 17. The van der Waals surface area contributed by atoms with Crippen molar-refractivity contribution in [2.75, 3.05) is 189 Å². The van der Waals surface area contributed by atoms with Gasteiger partial charge in [-0.25, -0.2) is 0 Å². The van der Waals surface area contributed by atoms with E-state index >= 15 is 0 Å². The van der Waals surface area contributed by atoms with Crippen LogP contribution in [0.5, 0.6) is 0 Å². The number of rotatable bonds is 48. The summed E-state index contributed by atoms with van der Waals surface area (Å²) in [6.07, 6.45) is 6.35. The number of anilines is 2. The third-order valence-corrected chi connectivity index (χ3v) is 13.1. The number of aryl methyl sites for hydroxylation is 2. The molecule has 3 N–H and O–H groups in total. The molecule has 0 saturated heterocycles. The minimum absolute atomic E-state index is 0.0515. The standard InChI is InChI=1S/C62H91N5O15/c1-4-67(5-2)54-18-19-58(56(49-54)59-48-53(20-22-63-59)62(70)65-57-17-9-14-51-13-6-7-16-55(51)57)66-61(69)52-15-8-11-50(47-52)12-10-24-72-29-32-76-37-38-77-33-30-73-25-21-60(68)64-23-26-74-31-34-78-39-40-80-43-44-82-46-45-81-42-41-79-36-35-75-28-27-71-3/h6-8,11,13,15-16,18-20,22,47-49,57H,4-5,9-10,12,14,17,21,23-46H2,1-3H3,(H,64,68)(H,65,70)(H,66,69)/t57-/m0/s1. The Morgan fingerprint density at radius 3 is 1.71 bits per heavy atom. The zero-order valence-corrected chi connectivity index (χ0v) is 48.8. The molecule has 3 amide bonds. The second kappa shape index (κ2) is 43.2. The van der Waals surface area contributed by atoms with Crippen molar-refractivity contribution < 1.29 is 71.2 Å². The van der Waals surface area contributed by atoms with Crippen LogP contribution in [0.4, 0.5) is 11.4 Å². The monoisotopic (exact) mass is 1150 g/mol. The van der Waals surface area contributed by atoms with Gasteiger partial charge in [-0.2, -0.15) is 0 Å². The topological polar surface area (TPSA) is 214 Å². The summed E-state index contributed by atoms with van der Waals surface area (Å²) >= 11 is 0. The van der Waals surface area contributed by atoms with E-state index in [1.807, 2.05) is 54.6 Å². The zero-order valence-electron chi connectivity index (χ0n) is 48.8. The number of carbonyl (C=O) groups excluding carboxylic acids is 3. The maximum absolute atomic E-state index is 13.8. The van der Waals surface area contributed by atoms with Crippen molar-refractivity contribution in [1.29, 1.82) is 0 Å². The molecule has 1 aliphatic carbocycles. The largest absolute Gasteiger partial charge is 0.382 e. The average Bonchev–Trinajstić information content (AvgIpc) is 3.66. The van der Waals surface area contributed by atoms with Crippen molar-refractivity contribution >= 4 is 29.1 Å². The number of ether oxygens (including phenoxy) is 12. The molecule has 0 radical (unpaired) electrons. The predicted octanol–water partition coefficient (Wildman–Crippen LogP) is 6.92. The number of pyridine rings is 1. The molecule has 3 aromatic carbocycles. The summed E-state index contributed by atoms with van der Waals surface area (Å²) < 4.78 is 65.7. The molecule has 20 nitrogen and oxygen atoms in total. The van der Waals surface area contributed by atoms with E-state index in [0.717, 1.165) is 62.0 Å². The van der Waals surface area contributed by atoms with Crippen LogP contribution in [0.2, 0.25) is 0 Å². The molecule has 454 valence electrons. The van der Waals surface area contributed by atoms with Crippen molar-refractivity contribution in [3.63, 3.8) is 0 Å². The van der Waals surface area contributed by atoms with E-state index in [0.29, 0.717) is 181 Å². The number of aromatic nitrogens is 1. The molecule has 0 saturated carbocycles. The highest BCUT2D eigenvalue weighted by Crippen LogP contribution is 2.33. The van der Waals surface area contributed by atoms with Crippen LogP contribution in [0.15, 0.2) is 85.1 Å². The van der Waals surface area contributed by atoms with Crippen LogP contribution in [0, 0.1) is 0 Å². The molecule has 20 heteroatoms. The van der Waals surface area contributed by atoms with Gasteiger partial charge in [-0.15, -0.1) is 0 Å². The fourth-order valence-corrected chi connectivity index (χ4v) is 8.79. The van der Waals surface area contributed by atoms with Crippen molar-refractivity contribution in [3.05, 3.63) is 113 Å². The van der Waals surface area contributed by atoms with Gasteiger partial charge in [-0.05, 0) is 105 Å². The van der Waals surface area contributed by atoms with Gasteiger partial charge in [0.25, 0.3) is 11.8 Å². The van der Waals surface area contributed by atoms with Gasteiger partial charge < -0.3 is 77.7 Å². The molecule has 0 aliphatic heterocycles. The van der Waals surface area contributed by atoms with Crippen molar-refractivity contribution in [2.45, 2.75) is 58.4 Å². The highest BCUT2D eigenvalue weighted by Gasteiger charge is 2.23. The number of methoxy groups -OCH3 is 1. The van der Waals surface area contributed by atoms with Crippen LogP contribution in [0.25, 0.3) is 11.3 Å². The Labute approximate surface area is 485 Å². The molecule has 1 aromatic heterocycles. The minimum Gasteiger partial charge on any atom is -0.382 e. The average molecular weight is 1150 g/mol. The lowest BCUT2D eigenvalue weighted by Gasteiger charge is -2.26. The highest BCUT2D eigenvalue weighted by molar-refractivity contribution is 6.06. The third kappa shape index (κ3) is 27.7. The van der Waals surface area contributed by atoms with E-state index in [-0.39, 0.29) is 30.2 Å². The summed E-state index contributed by atoms with van der Waals surface area (Å²) in [6, 6.07) is 25.4. The fraction of sp³-hybridized carbons (Fsp3) is 0.581. The molecular formula is C62H91N5O15. The summed E-state index contributed by atoms with van der Waals surface area (Å²) in [5, 5.41) is 9.23. The van der Waals surface area contributed by atoms with Crippen LogP contribution < -0.4 is 20.9 Å². The molecule has 0 bridgehead atoms. The van der Waals surface area contributed by atoms with Crippen LogP contribution >= 0.6 is 0 Å². The summed E-state index contributed by atoms with van der Waals surface area (Å²) in [6.45, 7) is 17.0. The molecule has 82 heavy (non-hydrogen) atoms. The molecule has 1 aliphatic rings. The van der Waals surface area contributed by atoms with Crippen LogP contribution in [0.3, 0.4) is 0 Å². The van der Waals surface area contributed by atoms with E-state index in [2.05, 4.69) is 46.8 Å². The lowest BCUT2D eigenvalue weighted by atomic mass is 9.87. The van der Waals surface area contributed by atoms with Crippen LogP contribution in [-0.4, -0.2) is 201 Å². The summed E-state index contributed by atoms with van der Waals surface area (Å²) in [4.78, 5) is 46.6. The van der Waals surface area contributed by atoms with Gasteiger partial charge in [0.1, 0.15) is 0 Å². The number of amides is 3. The number of nitrogens with one attached hydrogen (secondary N) is 3. The minimum atomic E-state index is -0.238. The number of fused-ring (bicyclic) bond motifs is 1. The molecule has 1 heterocycles. The summed E-state index contributed by atoms with van der Waals surface area (Å²) in [7, 11) is 1.64. The molecule has 4 aromatic rings. The normalized spacial score (nSPS) is 13.0. The zero-order chi connectivity index (χ0) is 57.9. The Morgan fingerprint density at radius 1 is 0.561 bits per heavy atom. The molecule has 1 atom stereocenters. The third-order valence-electron chi connectivity index (χ3n) is 13.1. The van der Waals surface area contributed by atoms with Gasteiger partial charge in [-0.1, -0.05) is 36.4 Å². The van der Waals surface area contributed by atoms with Gasteiger partial charge in [0.15, 0.2) is 0 Å². The smallest absolute Gasteiger partial charge is 0.255 e. The summed E-state index contributed by atoms with van der Waals surface area (Å²) in [5.41, 5.74) is 7.46. The van der Waals surface area contributed by atoms with Crippen molar-refractivity contribution in [1.82, 2.24) is 15.6 Å². The van der Waals surface area contributed by atoms with E-state index < -0.39 is 0 Å². The maximum Gasteiger partial charge on any atom is 0.255 e. The first-order valence-electron chi connectivity index (χ1n) is 29.1. The molecule has 5 rings (SSSR count). The van der Waals surface area contributed by atoms with Gasteiger partial charge in [0.2, 0.25) is 5.91 Å². The van der Waals surface area contributed by atoms with Crippen LogP contribution in [-0.2, 0) is 74.5 Å². The van der Waals surface area contributed by atoms with Crippen molar-refractivity contribution in [2.24, 2.45) is 0 Å². The summed E-state index contributed by atoms with van der Waals surface area (Å²) in [5.74, 6) is -0.500. The second-order valence-electron chi connectivity index (χ2n) is 19.0. The van der Waals surface area contributed by atoms with Gasteiger partial charge >= 0.3 is 0 Å². The first kappa shape index (κ1) is 67.3. The van der Waals surface area contributed by atoms with E-state index in [9.17, 15) is 14.4 Å². The number of carbonyl (C=O) groups is 3. The van der Waals surface area contributed by atoms with Crippen LogP contribution in [0.1, 0.15) is 83.0 Å². The lowest BCUT2D eigenvalue weighted by molar-refractivity contribution is -0.122. The SMILES string of the molecule is CCN(CC)c1ccc(NC(=O)c2cccc(CCCOCCOCCOCCOCCC(=O)NCCOCCOCCOCCOCCOCCOCCOCCOC)c2)c(-c2cc(C(=O)N[C@H]3CCCc4ccccc43)ccn2)c1. The second-order valence-corrected chi connectivity index (χ2v) is 19.0. The van der Waals surface area contributed by atoms with E-state index in [4.69, 9.17) is 61.8 Å². The number of benzene rings is 3. The van der Waals surface area contributed by atoms with E-state index in [1.54, 1.807) is 25.4 Å². The predicted molar refractivity (Wildman–Crippen MR) is 314 cm³/mol. The van der Waals surface area contributed by atoms with E-state index in [1.165, 1.54) is 11.1 Å². The Balaban J connectivity index is 0.825. The van der Waals surface area contributed by atoms with Gasteiger partial charge in [0, 0.05) is 68.3 Å². The first-order valence-corrected chi connectivity index (χ1v) is 29.1. The van der Waals surface area contributed by atoms with Gasteiger partial charge in [-0.3, -0.25) is 19.4 Å². The molecule has 0 unspecified atom stereocenters. The first-order chi connectivity index (χ1) is 40.4. The fourth-order valence-electron chi connectivity index (χ4n) is 8.79. The van der Waals surface area contributed by atoms with Crippen molar-refractivity contribution in [3.8, 4) is 11.3 Å². The number of nitrogens with zero attached hydrogens (tertiary/aromatic N) is 2. The Hall–Kier alpha value is -5.46. The Morgan fingerprint density at radius 2 is 1.11 bits per heavy atom. The highest BCUT2D eigenvalue weighted by atomic mass is 16.6. The molecule has 0 fully saturated rings. The quantitative estimate of drug-likeness (QED) is 0.0383. The maximum atomic E-state index is 13.8. The number of hydrogen-bond donors (Lipinski definition) is 3. The lowest BCUT2D eigenvalue weighted by Crippen LogP contribution is -2.31. The van der Waals surface area contributed by atoms with Gasteiger partial charge in [0.05, 0.1) is 163 Å². The molecular weight excluding hydrogens is 1050 g/mol. The molecule has 0 spiro atoms. The Kier molecular flexibility index (Phi) is 35.5.